The fraction of sp³-hybridized carbons (Fsp3) is 0.160. The number of aliphatic imine (C=N–C) groups is 2. The van der Waals surface area contributed by atoms with Crippen LogP contribution in [0.1, 0.15) is 16.8 Å². The minimum Gasteiger partial charge on any atom is -0.386 e. The third-order valence-corrected chi connectivity index (χ3v) is 6.36. The molecule has 0 spiro atoms. The quantitative estimate of drug-likeness (QED) is 0.497. The van der Waals surface area contributed by atoms with Crippen LogP contribution in [0, 0.1) is 12.8 Å². The van der Waals surface area contributed by atoms with Crippen molar-refractivity contribution in [2.24, 2.45) is 26.7 Å². The average molecular weight is 451 g/mol. The van der Waals surface area contributed by atoms with Gasteiger partial charge in [0, 0.05) is 22.8 Å². The number of aromatic nitrogens is 3. The van der Waals surface area contributed by atoms with Gasteiger partial charge in [-0.05, 0) is 36.1 Å². The molecular formula is C25H22N8O. The van der Waals surface area contributed by atoms with E-state index in [9.17, 15) is 4.79 Å². The summed E-state index contributed by atoms with van der Waals surface area (Å²) in [5, 5.41) is 15.2. The lowest BCUT2D eigenvalue weighted by Gasteiger charge is -2.27. The van der Waals surface area contributed by atoms with Crippen molar-refractivity contribution in [3.05, 3.63) is 94.2 Å². The van der Waals surface area contributed by atoms with Gasteiger partial charge in [-0.1, -0.05) is 36.4 Å². The van der Waals surface area contributed by atoms with E-state index in [1.165, 1.54) is 6.34 Å². The Morgan fingerprint density at radius 2 is 1.94 bits per heavy atom. The zero-order chi connectivity index (χ0) is 23.2. The van der Waals surface area contributed by atoms with Crippen molar-refractivity contribution in [3.63, 3.8) is 0 Å². The Hall–Kier alpha value is -4.53. The molecule has 0 saturated heterocycles. The summed E-state index contributed by atoms with van der Waals surface area (Å²) in [5.41, 5.74) is 10.5. The highest BCUT2D eigenvalue weighted by Crippen LogP contribution is 2.31. The first-order chi connectivity index (χ1) is 16.6. The maximum atomic E-state index is 13.7. The highest BCUT2D eigenvalue weighted by atomic mass is 16.1. The Morgan fingerprint density at radius 1 is 1.12 bits per heavy atom. The van der Waals surface area contributed by atoms with E-state index < -0.39 is 0 Å². The second kappa shape index (κ2) is 7.80. The van der Waals surface area contributed by atoms with Crippen molar-refractivity contribution in [2.45, 2.75) is 19.6 Å². The van der Waals surface area contributed by atoms with Gasteiger partial charge >= 0.3 is 0 Å². The normalized spacial score (nSPS) is 19.3. The van der Waals surface area contributed by atoms with Crippen LogP contribution in [0.25, 0.3) is 16.5 Å². The fourth-order valence-corrected chi connectivity index (χ4v) is 4.71. The summed E-state index contributed by atoms with van der Waals surface area (Å²) in [5.74, 6) is 0.166. The molecule has 2 aliphatic rings. The van der Waals surface area contributed by atoms with Crippen LogP contribution in [0.2, 0.25) is 0 Å². The van der Waals surface area contributed by atoms with Crippen LogP contribution in [-0.4, -0.2) is 43.8 Å². The Bertz CT molecular complexity index is 1550. The van der Waals surface area contributed by atoms with Crippen LogP contribution < -0.4 is 11.3 Å². The van der Waals surface area contributed by atoms with Gasteiger partial charge < -0.3 is 5.73 Å². The number of fused-ring (bicyclic) bond motifs is 2. The minimum absolute atomic E-state index is 0.0644. The lowest BCUT2D eigenvalue weighted by Crippen LogP contribution is -2.42. The molecule has 168 valence electrons. The van der Waals surface area contributed by atoms with Crippen LogP contribution >= 0.6 is 0 Å². The summed E-state index contributed by atoms with van der Waals surface area (Å²) >= 11 is 0. The summed E-state index contributed by atoms with van der Waals surface area (Å²) in [6.45, 7) is 2.37. The van der Waals surface area contributed by atoms with E-state index in [1.807, 2.05) is 66.5 Å². The van der Waals surface area contributed by atoms with Gasteiger partial charge in [0.05, 0.1) is 24.1 Å². The molecule has 0 fully saturated rings. The molecule has 0 amide bonds. The monoisotopic (exact) mass is 450 g/mol. The number of H-pyrrole nitrogens is 1. The van der Waals surface area contributed by atoms with E-state index in [2.05, 4.69) is 20.2 Å². The first kappa shape index (κ1) is 20.1. The molecule has 2 atom stereocenters. The maximum absolute atomic E-state index is 13.7. The smallest absolute Gasteiger partial charge is 0.263 e. The lowest BCUT2D eigenvalue weighted by atomic mass is 9.95. The van der Waals surface area contributed by atoms with E-state index in [-0.39, 0.29) is 17.6 Å². The van der Waals surface area contributed by atoms with Crippen LogP contribution in [0.4, 0.5) is 0 Å². The molecule has 4 aromatic rings. The molecule has 2 aromatic heterocycles. The number of nitrogens with two attached hydrogens (primary N) is 1. The molecule has 2 unspecified atom stereocenters. The number of pyridine rings is 1. The number of aryl methyl sites for hydroxylation is 1. The van der Waals surface area contributed by atoms with Crippen molar-refractivity contribution >= 4 is 28.7 Å². The number of para-hydroxylation sites is 1. The van der Waals surface area contributed by atoms with Gasteiger partial charge in [0.15, 0.2) is 6.17 Å². The van der Waals surface area contributed by atoms with E-state index >= 15 is 0 Å². The van der Waals surface area contributed by atoms with Crippen molar-refractivity contribution in [1.82, 2.24) is 19.8 Å². The average Bonchev–Trinajstić information content (AvgIpc) is 3.49. The van der Waals surface area contributed by atoms with E-state index in [1.54, 1.807) is 17.0 Å². The zero-order valence-corrected chi connectivity index (χ0v) is 18.5. The van der Waals surface area contributed by atoms with Crippen LogP contribution in [0.3, 0.4) is 0 Å². The third-order valence-electron chi connectivity index (χ3n) is 6.36. The van der Waals surface area contributed by atoms with Crippen LogP contribution in [0.5, 0.6) is 0 Å². The van der Waals surface area contributed by atoms with Gasteiger partial charge in [-0.2, -0.15) is 10.2 Å². The number of amidine groups is 1. The van der Waals surface area contributed by atoms with Crippen molar-refractivity contribution in [3.8, 4) is 5.69 Å². The molecule has 9 nitrogen and oxygen atoms in total. The molecule has 3 N–H and O–H groups in total. The second-order valence-corrected chi connectivity index (χ2v) is 8.43. The predicted octanol–water partition coefficient (Wildman–Crippen LogP) is 2.58. The topological polar surface area (TPSA) is 117 Å². The number of nitrogens with zero attached hydrogens (tertiary/aromatic N) is 6. The molecule has 4 heterocycles. The molecule has 2 aromatic carbocycles. The van der Waals surface area contributed by atoms with Gasteiger partial charge in [-0.15, -0.1) is 0 Å². The van der Waals surface area contributed by atoms with Crippen molar-refractivity contribution in [2.75, 3.05) is 0 Å². The maximum Gasteiger partial charge on any atom is 0.263 e. The Morgan fingerprint density at radius 3 is 2.76 bits per heavy atom. The lowest BCUT2D eigenvalue weighted by molar-refractivity contribution is 0.210. The van der Waals surface area contributed by atoms with Gasteiger partial charge in [-0.25, -0.2) is 9.98 Å². The Balaban J connectivity index is 1.52. The molecule has 0 saturated carbocycles. The first-order valence-electron chi connectivity index (χ1n) is 11.0. The highest BCUT2D eigenvalue weighted by Gasteiger charge is 2.42. The fourth-order valence-electron chi connectivity index (χ4n) is 4.71. The highest BCUT2D eigenvalue weighted by molar-refractivity contribution is 6.17. The number of rotatable bonds is 4. The van der Waals surface area contributed by atoms with Gasteiger partial charge in [0.1, 0.15) is 18.1 Å². The molecular weight excluding hydrogens is 428 g/mol. The van der Waals surface area contributed by atoms with E-state index in [4.69, 9.17) is 10.8 Å². The predicted molar refractivity (Wildman–Crippen MR) is 132 cm³/mol. The number of aromatic amines is 1. The summed E-state index contributed by atoms with van der Waals surface area (Å²) in [6.07, 6.45) is 4.62. The zero-order valence-electron chi connectivity index (χ0n) is 18.5. The second-order valence-electron chi connectivity index (χ2n) is 8.43. The SMILES string of the molecule is Cc1ccccc1-n1c(CN2N=C(c3cn[nH]c3)C3C(N)=NC=NC32)cc2ccccc2c1=O. The molecule has 0 aliphatic carbocycles. The standard InChI is InChI=1S/C25H22N8O/c1-15-6-2-5-9-20(15)33-18(10-16-7-3-4-8-19(16)25(33)34)13-32-24-21(23(26)27-14-28-24)22(31-32)17-11-29-30-12-17/h2-12,14,21,24H,13H2,1H3,(H,29,30)(H2,26,27,28). The first-order valence-corrected chi connectivity index (χ1v) is 11.0. The number of hydrazone groups is 1. The number of hydrogen-bond acceptors (Lipinski definition) is 7. The summed E-state index contributed by atoms with van der Waals surface area (Å²) < 4.78 is 1.78. The van der Waals surface area contributed by atoms with E-state index in [0.717, 1.165) is 33.6 Å². The minimum atomic E-state index is -0.353. The van der Waals surface area contributed by atoms with Crippen molar-refractivity contribution in [1.29, 1.82) is 0 Å². The van der Waals surface area contributed by atoms with E-state index in [0.29, 0.717) is 17.8 Å². The van der Waals surface area contributed by atoms with Gasteiger partial charge in [0.25, 0.3) is 5.56 Å². The Labute approximate surface area is 195 Å². The van der Waals surface area contributed by atoms with Crippen LogP contribution in [0.15, 0.2) is 86.9 Å². The molecule has 6 rings (SSSR count). The molecule has 34 heavy (non-hydrogen) atoms. The summed E-state index contributed by atoms with van der Waals surface area (Å²) in [4.78, 5) is 22.5. The molecule has 0 radical (unpaired) electrons. The number of benzene rings is 2. The molecule has 0 bridgehead atoms. The van der Waals surface area contributed by atoms with Gasteiger partial charge in [0.2, 0.25) is 0 Å². The van der Waals surface area contributed by atoms with Gasteiger partial charge in [-0.3, -0.25) is 19.5 Å². The largest absolute Gasteiger partial charge is 0.386 e. The number of nitrogens with one attached hydrogen (secondary N) is 1. The van der Waals surface area contributed by atoms with Crippen molar-refractivity contribution < 1.29 is 0 Å². The molecule has 2 aliphatic heterocycles. The number of hydrogen-bond donors (Lipinski definition) is 2. The van der Waals surface area contributed by atoms with Crippen LogP contribution in [-0.2, 0) is 6.54 Å². The summed E-state index contributed by atoms with van der Waals surface area (Å²) in [6, 6.07) is 17.6. The Kier molecular flexibility index (Phi) is 4.61. The third kappa shape index (κ3) is 3.13. The molecule has 9 heteroatoms. The summed E-state index contributed by atoms with van der Waals surface area (Å²) in [7, 11) is 0.